The Kier molecular flexibility index (Phi) is 2.05. The molecule has 0 aromatic heterocycles. The minimum absolute atomic E-state index is 0.0132. The van der Waals surface area contributed by atoms with Crippen molar-refractivity contribution in [1.82, 2.24) is 4.90 Å². The number of aliphatic hydroxyl groups is 1. The number of allylic oxidation sites excluding steroid dienone is 2. The number of rotatable bonds is 0. The molecule has 1 aliphatic heterocycles. The molecule has 0 radical (unpaired) electrons. The van der Waals surface area contributed by atoms with Gasteiger partial charge in [-0.2, -0.15) is 0 Å². The van der Waals surface area contributed by atoms with Crippen LogP contribution in [0.1, 0.15) is 20.8 Å². The van der Waals surface area contributed by atoms with Gasteiger partial charge >= 0.3 is 0 Å². The highest BCUT2D eigenvalue weighted by Gasteiger charge is 2.23. The van der Waals surface area contributed by atoms with Gasteiger partial charge in [0.2, 0.25) is 0 Å². The molecule has 0 bridgehead atoms. The Morgan fingerprint density at radius 3 is 2.27 bits per heavy atom. The van der Waals surface area contributed by atoms with Crippen molar-refractivity contribution in [2.45, 2.75) is 32.5 Å². The minimum atomic E-state index is -0.472. The first-order valence-electron chi connectivity index (χ1n) is 3.83. The second-order valence-corrected chi connectivity index (χ2v) is 3.72. The van der Waals surface area contributed by atoms with E-state index in [9.17, 15) is 5.11 Å². The molecule has 1 atom stereocenters. The monoisotopic (exact) mass is 153 g/mol. The van der Waals surface area contributed by atoms with Crippen molar-refractivity contribution in [3.63, 3.8) is 0 Å². The van der Waals surface area contributed by atoms with Crippen molar-refractivity contribution in [3.05, 3.63) is 24.4 Å². The summed E-state index contributed by atoms with van der Waals surface area (Å²) in [7, 11) is 0. The number of nitrogens with zero attached hydrogens (tertiary/aromatic N) is 1. The van der Waals surface area contributed by atoms with Gasteiger partial charge in [-0.1, -0.05) is 6.08 Å². The molecular weight excluding hydrogens is 138 g/mol. The van der Waals surface area contributed by atoms with E-state index in [2.05, 4.69) is 20.8 Å². The predicted octanol–water partition coefficient (Wildman–Crippen LogP) is 1.49. The Bertz CT molecular complexity index is 188. The zero-order chi connectivity index (χ0) is 8.48. The normalized spacial score (nSPS) is 24.4. The van der Waals surface area contributed by atoms with Gasteiger partial charge in [-0.25, -0.2) is 0 Å². The van der Waals surface area contributed by atoms with E-state index >= 15 is 0 Å². The first-order chi connectivity index (χ1) is 5.02. The lowest BCUT2D eigenvalue weighted by atomic mass is 10.1. The zero-order valence-electron chi connectivity index (χ0n) is 7.28. The van der Waals surface area contributed by atoms with Gasteiger partial charge in [0.05, 0.1) is 0 Å². The molecule has 1 unspecified atom stereocenters. The Balaban J connectivity index is 2.74. The summed E-state index contributed by atoms with van der Waals surface area (Å²) in [6.45, 7) is 6.21. The van der Waals surface area contributed by atoms with Crippen LogP contribution in [-0.4, -0.2) is 21.8 Å². The highest BCUT2D eigenvalue weighted by molar-refractivity contribution is 5.12. The van der Waals surface area contributed by atoms with Crippen molar-refractivity contribution < 1.29 is 5.11 Å². The summed E-state index contributed by atoms with van der Waals surface area (Å²) in [6, 6.07) is 0. The molecule has 1 rings (SSSR count). The van der Waals surface area contributed by atoms with Gasteiger partial charge in [0.1, 0.15) is 6.23 Å². The molecule has 1 aliphatic rings. The summed E-state index contributed by atoms with van der Waals surface area (Å²) in [5, 5.41) is 9.49. The third-order valence-corrected chi connectivity index (χ3v) is 1.70. The van der Waals surface area contributed by atoms with E-state index in [0.717, 1.165) is 0 Å². The summed E-state index contributed by atoms with van der Waals surface area (Å²) in [4.78, 5) is 1.91. The van der Waals surface area contributed by atoms with E-state index in [1.165, 1.54) is 0 Å². The standard InChI is InChI=1S/C9H15NO/c1-9(2,3)10-7-5-4-6-8(10)11/h4-8,11H,1-3H3. The largest absolute Gasteiger partial charge is 0.370 e. The van der Waals surface area contributed by atoms with Crippen molar-refractivity contribution >= 4 is 0 Å². The van der Waals surface area contributed by atoms with Crippen LogP contribution >= 0.6 is 0 Å². The Labute approximate surface area is 67.8 Å². The van der Waals surface area contributed by atoms with Crippen LogP contribution in [-0.2, 0) is 0 Å². The van der Waals surface area contributed by atoms with Crippen molar-refractivity contribution in [1.29, 1.82) is 0 Å². The molecule has 0 spiro atoms. The average molecular weight is 153 g/mol. The highest BCUT2D eigenvalue weighted by atomic mass is 16.3. The second-order valence-electron chi connectivity index (χ2n) is 3.72. The Morgan fingerprint density at radius 1 is 1.27 bits per heavy atom. The van der Waals surface area contributed by atoms with Gasteiger partial charge in [0.15, 0.2) is 0 Å². The number of hydrogen-bond acceptors (Lipinski definition) is 2. The van der Waals surface area contributed by atoms with Gasteiger partial charge in [-0.05, 0) is 32.9 Å². The van der Waals surface area contributed by atoms with Crippen LogP contribution in [0, 0.1) is 0 Å². The van der Waals surface area contributed by atoms with Crippen LogP contribution in [0.2, 0.25) is 0 Å². The minimum Gasteiger partial charge on any atom is -0.370 e. The van der Waals surface area contributed by atoms with Crippen LogP contribution in [0.5, 0.6) is 0 Å². The summed E-state index contributed by atoms with van der Waals surface area (Å²) >= 11 is 0. The third-order valence-electron chi connectivity index (χ3n) is 1.70. The molecule has 0 aromatic carbocycles. The molecular formula is C9H15NO. The van der Waals surface area contributed by atoms with E-state index in [1.807, 2.05) is 23.3 Å². The zero-order valence-corrected chi connectivity index (χ0v) is 7.28. The molecule has 0 amide bonds. The fourth-order valence-electron chi connectivity index (χ4n) is 1.11. The lowest BCUT2D eigenvalue weighted by Gasteiger charge is -2.38. The molecule has 11 heavy (non-hydrogen) atoms. The van der Waals surface area contributed by atoms with E-state index < -0.39 is 6.23 Å². The van der Waals surface area contributed by atoms with Crippen LogP contribution in [0.3, 0.4) is 0 Å². The van der Waals surface area contributed by atoms with E-state index in [1.54, 1.807) is 6.08 Å². The lowest BCUT2D eigenvalue weighted by Crippen LogP contribution is -2.44. The van der Waals surface area contributed by atoms with Crippen LogP contribution in [0.15, 0.2) is 24.4 Å². The highest BCUT2D eigenvalue weighted by Crippen LogP contribution is 2.19. The quantitative estimate of drug-likeness (QED) is 0.570. The van der Waals surface area contributed by atoms with Gasteiger partial charge < -0.3 is 10.0 Å². The molecule has 0 aliphatic carbocycles. The maximum absolute atomic E-state index is 9.49. The SMILES string of the molecule is CC(C)(C)N1C=CC=CC1O. The van der Waals surface area contributed by atoms with E-state index in [-0.39, 0.29) is 5.54 Å². The van der Waals surface area contributed by atoms with E-state index in [0.29, 0.717) is 0 Å². The molecule has 0 fully saturated rings. The van der Waals surface area contributed by atoms with Crippen LogP contribution in [0.4, 0.5) is 0 Å². The van der Waals surface area contributed by atoms with Gasteiger partial charge in [-0.15, -0.1) is 0 Å². The molecule has 1 heterocycles. The maximum atomic E-state index is 9.49. The molecule has 62 valence electrons. The van der Waals surface area contributed by atoms with Gasteiger partial charge in [0, 0.05) is 11.7 Å². The Morgan fingerprint density at radius 2 is 1.91 bits per heavy atom. The fraction of sp³-hybridized carbons (Fsp3) is 0.556. The first kappa shape index (κ1) is 8.34. The number of hydrogen-bond donors (Lipinski definition) is 1. The Hall–Kier alpha value is -0.760. The van der Waals surface area contributed by atoms with Gasteiger partial charge in [0.25, 0.3) is 0 Å². The first-order valence-corrected chi connectivity index (χ1v) is 3.83. The topological polar surface area (TPSA) is 23.5 Å². The molecule has 0 saturated heterocycles. The molecule has 2 nitrogen and oxygen atoms in total. The summed E-state index contributed by atoms with van der Waals surface area (Å²) in [5.74, 6) is 0. The predicted molar refractivity (Wildman–Crippen MR) is 45.9 cm³/mol. The third kappa shape index (κ3) is 1.84. The average Bonchev–Trinajstić information content (AvgIpc) is 1.86. The second kappa shape index (κ2) is 2.70. The number of aliphatic hydroxyl groups excluding tert-OH is 1. The van der Waals surface area contributed by atoms with Crippen LogP contribution < -0.4 is 0 Å². The molecule has 1 N–H and O–H groups in total. The molecule has 0 saturated carbocycles. The van der Waals surface area contributed by atoms with Crippen molar-refractivity contribution in [3.8, 4) is 0 Å². The van der Waals surface area contributed by atoms with Gasteiger partial charge in [-0.3, -0.25) is 0 Å². The van der Waals surface area contributed by atoms with Crippen molar-refractivity contribution in [2.24, 2.45) is 0 Å². The van der Waals surface area contributed by atoms with E-state index in [4.69, 9.17) is 0 Å². The fourth-order valence-corrected chi connectivity index (χ4v) is 1.11. The molecule has 0 aromatic rings. The lowest BCUT2D eigenvalue weighted by molar-refractivity contribution is 0.0187. The summed E-state index contributed by atoms with van der Waals surface area (Å²) in [5.41, 5.74) is -0.0132. The summed E-state index contributed by atoms with van der Waals surface area (Å²) in [6.07, 6.45) is 6.99. The summed E-state index contributed by atoms with van der Waals surface area (Å²) < 4.78 is 0. The maximum Gasteiger partial charge on any atom is 0.146 e. The molecule has 2 heteroatoms. The smallest absolute Gasteiger partial charge is 0.146 e. The van der Waals surface area contributed by atoms with Crippen molar-refractivity contribution in [2.75, 3.05) is 0 Å². The van der Waals surface area contributed by atoms with Crippen LogP contribution in [0.25, 0.3) is 0 Å².